The first kappa shape index (κ1) is 20.9. The number of aryl methyl sites for hydroxylation is 1. The fourth-order valence-electron chi connectivity index (χ4n) is 4.29. The Morgan fingerprint density at radius 2 is 1.82 bits per heavy atom. The maximum absolute atomic E-state index is 13.0. The van der Waals surface area contributed by atoms with E-state index in [9.17, 15) is 4.79 Å². The molecule has 33 heavy (non-hydrogen) atoms. The first-order valence-corrected chi connectivity index (χ1v) is 11.0. The van der Waals surface area contributed by atoms with E-state index in [0.717, 1.165) is 50.5 Å². The zero-order valence-electron chi connectivity index (χ0n) is 18.8. The molecule has 1 aromatic heterocycles. The molecule has 1 amide bonds. The number of rotatable bonds is 7. The molecule has 1 N–H and O–H groups in total. The Bertz CT molecular complexity index is 1290. The number of carbonyl (C=O) groups excluding carboxylic acids is 1. The highest BCUT2D eigenvalue weighted by atomic mass is 16.7. The number of hydrogen-bond acceptors (Lipinski definition) is 4. The van der Waals surface area contributed by atoms with Crippen molar-refractivity contribution in [1.82, 2.24) is 9.88 Å². The molecule has 0 spiro atoms. The minimum atomic E-state index is 0.0960. The fraction of sp³-hybridized carbons (Fsp3) is 0.222. The zero-order valence-corrected chi connectivity index (χ0v) is 18.8. The molecule has 0 aliphatic carbocycles. The molecule has 2 heterocycles. The van der Waals surface area contributed by atoms with Gasteiger partial charge in [-0.05, 0) is 65.6 Å². The van der Waals surface area contributed by atoms with Crippen molar-refractivity contribution < 1.29 is 19.0 Å². The van der Waals surface area contributed by atoms with Crippen LogP contribution < -0.4 is 14.2 Å². The minimum absolute atomic E-state index is 0.0960. The smallest absolute Gasteiger partial charge is 0.231 e. The fourth-order valence-corrected chi connectivity index (χ4v) is 4.29. The van der Waals surface area contributed by atoms with E-state index in [1.165, 1.54) is 0 Å². The van der Waals surface area contributed by atoms with E-state index in [-0.39, 0.29) is 12.7 Å². The van der Waals surface area contributed by atoms with Crippen LogP contribution in [0.1, 0.15) is 17.5 Å². The number of fused-ring (bicyclic) bond motifs is 2. The number of benzene rings is 3. The van der Waals surface area contributed by atoms with Crippen molar-refractivity contribution in [2.24, 2.45) is 0 Å². The summed E-state index contributed by atoms with van der Waals surface area (Å²) in [5.41, 5.74) is 5.36. The molecular formula is C27H26N2O4. The quantitative estimate of drug-likeness (QED) is 0.429. The van der Waals surface area contributed by atoms with E-state index in [1.54, 1.807) is 12.0 Å². The van der Waals surface area contributed by atoms with Crippen LogP contribution in [0.15, 0.2) is 66.7 Å². The summed E-state index contributed by atoms with van der Waals surface area (Å²) in [5, 5.41) is 1.15. The van der Waals surface area contributed by atoms with E-state index in [1.807, 2.05) is 61.6 Å². The summed E-state index contributed by atoms with van der Waals surface area (Å²) in [7, 11) is 3.50. The predicted octanol–water partition coefficient (Wildman–Crippen LogP) is 5.16. The normalized spacial score (nSPS) is 12.2. The topological polar surface area (TPSA) is 63.8 Å². The Kier molecular flexibility index (Phi) is 5.65. The zero-order chi connectivity index (χ0) is 22.8. The van der Waals surface area contributed by atoms with Crippen molar-refractivity contribution in [3.63, 3.8) is 0 Å². The summed E-state index contributed by atoms with van der Waals surface area (Å²) in [6.45, 7) is 0.767. The number of nitrogens with one attached hydrogen (secondary N) is 1. The average Bonchev–Trinajstić information content (AvgIpc) is 3.46. The van der Waals surface area contributed by atoms with Crippen LogP contribution >= 0.6 is 0 Å². The Hall–Kier alpha value is -3.93. The number of nitrogens with zero attached hydrogens (tertiary/aromatic N) is 1. The molecule has 0 atom stereocenters. The van der Waals surface area contributed by atoms with E-state index in [4.69, 9.17) is 14.2 Å². The van der Waals surface area contributed by atoms with E-state index >= 15 is 0 Å². The molecule has 4 aromatic rings. The van der Waals surface area contributed by atoms with Crippen molar-refractivity contribution >= 4 is 16.8 Å². The van der Waals surface area contributed by atoms with Crippen LogP contribution in [0.4, 0.5) is 0 Å². The molecule has 0 saturated heterocycles. The second-order valence-electron chi connectivity index (χ2n) is 8.19. The lowest BCUT2D eigenvalue weighted by Gasteiger charge is -2.18. The van der Waals surface area contributed by atoms with Crippen molar-refractivity contribution in [1.29, 1.82) is 0 Å². The lowest BCUT2D eigenvalue weighted by atomic mass is 10.0. The van der Waals surface area contributed by atoms with E-state index in [0.29, 0.717) is 19.4 Å². The SMILES string of the molecule is COc1ccc(-c2[nH]c3ccccc3c2CCC(=O)N(C)Cc2ccc3c(c2)OCO3)cc1. The largest absolute Gasteiger partial charge is 0.497 e. The monoisotopic (exact) mass is 442 g/mol. The van der Waals surface area contributed by atoms with Gasteiger partial charge in [0.15, 0.2) is 11.5 Å². The highest BCUT2D eigenvalue weighted by Gasteiger charge is 2.18. The third-order valence-corrected chi connectivity index (χ3v) is 6.06. The van der Waals surface area contributed by atoms with Crippen molar-refractivity contribution in [2.75, 3.05) is 21.0 Å². The third-order valence-electron chi connectivity index (χ3n) is 6.06. The Balaban J connectivity index is 1.33. The molecular weight excluding hydrogens is 416 g/mol. The molecule has 168 valence electrons. The number of amides is 1. The minimum Gasteiger partial charge on any atom is -0.497 e. The van der Waals surface area contributed by atoms with Gasteiger partial charge in [0.25, 0.3) is 0 Å². The number of hydrogen-bond donors (Lipinski definition) is 1. The van der Waals surface area contributed by atoms with Gasteiger partial charge >= 0.3 is 0 Å². The summed E-state index contributed by atoms with van der Waals surface area (Å²) in [6, 6.07) is 22.0. The highest BCUT2D eigenvalue weighted by Crippen LogP contribution is 2.34. The average molecular weight is 443 g/mol. The van der Waals surface area contributed by atoms with Gasteiger partial charge in [0, 0.05) is 36.6 Å². The van der Waals surface area contributed by atoms with Crippen molar-refractivity contribution in [3.8, 4) is 28.5 Å². The van der Waals surface area contributed by atoms with Gasteiger partial charge in [-0.25, -0.2) is 0 Å². The summed E-state index contributed by atoms with van der Waals surface area (Å²) >= 11 is 0. The van der Waals surface area contributed by atoms with Gasteiger partial charge in [0.05, 0.1) is 7.11 Å². The van der Waals surface area contributed by atoms with Crippen LogP contribution in [-0.2, 0) is 17.8 Å². The Morgan fingerprint density at radius 3 is 2.64 bits per heavy atom. The first-order chi connectivity index (χ1) is 16.1. The molecule has 6 heteroatoms. The second kappa shape index (κ2) is 8.90. The number of ether oxygens (including phenoxy) is 3. The van der Waals surface area contributed by atoms with Crippen LogP contribution in [0.25, 0.3) is 22.2 Å². The van der Waals surface area contributed by atoms with Gasteiger partial charge in [-0.15, -0.1) is 0 Å². The third kappa shape index (κ3) is 4.24. The Morgan fingerprint density at radius 1 is 1.03 bits per heavy atom. The van der Waals surface area contributed by atoms with Crippen LogP contribution in [0.2, 0.25) is 0 Å². The van der Waals surface area contributed by atoms with Crippen molar-refractivity contribution in [3.05, 3.63) is 77.9 Å². The van der Waals surface area contributed by atoms with Gasteiger partial charge in [0.2, 0.25) is 12.7 Å². The molecule has 6 nitrogen and oxygen atoms in total. The number of aromatic amines is 1. The molecule has 0 radical (unpaired) electrons. The molecule has 0 saturated carbocycles. The maximum Gasteiger partial charge on any atom is 0.231 e. The predicted molar refractivity (Wildman–Crippen MR) is 128 cm³/mol. The number of carbonyl (C=O) groups is 1. The van der Waals surface area contributed by atoms with E-state index < -0.39 is 0 Å². The van der Waals surface area contributed by atoms with Gasteiger partial charge in [-0.1, -0.05) is 24.3 Å². The maximum atomic E-state index is 13.0. The molecule has 0 bridgehead atoms. The number of H-pyrrole nitrogens is 1. The van der Waals surface area contributed by atoms with Gasteiger partial charge in [-0.2, -0.15) is 0 Å². The van der Waals surface area contributed by atoms with Crippen molar-refractivity contribution in [2.45, 2.75) is 19.4 Å². The summed E-state index contributed by atoms with van der Waals surface area (Å²) < 4.78 is 16.1. The molecule has 5 rings (SSSR count). The second-order valence-corrected chi connectivity index (χ2v) is 8.19. The van der Waals surface area contributed by atoms with Gasteiger partial charge in [-0.3, -0.25) is 4.79 Å². The Labute approximate surface area is 192 Å². The van der Waals surface area contributed by atoms with E-state index in [2.05, 4.69) is 17.1 Å². The molecule has 3 aromatic carbocycles. The molecule has 1 aliphatic heterocycles. The van der Waals surface area contributed by atoms with Crippen LogP contribution in [0.5, 0.6) is 17.2 Å². The summed E-state index contributed by atoms with van der Waals surface area (Å²) in [5.74, 6) is 2.39. The van der Waals surface area contributed by atoms with Crippen LogP contribution in [0.3, 0.4) is 0 Å². The molecule has 0 fully saturated rings. The number of aromatic nitrogens is 1. The van der Waals surface area contributed by atoms with Gasteiger partial charge < -0.3 is 24.1 Å². The van der Waals surface area contributed by atoms with Crippen LogP contribution in [0, 0.1) is 0 Å². The standard InChI is InChI=1S/C27H26N2O4/c1-29(16-18-7-13-24-25(15-18)33-17-32-24)26(30)14-12-22-21-5-3-4-6-23(21)28-27(22)19-8-10-20(31-2)11-9-19/h3-11,13,15,28H,12,14,16-17H2,1-2H3. The van der Waals surface area contributed by atoms with Gasteiger partial charge in [0.1, 0.15) is 5.75 Å². The number of para-hydroxylation sites is 1. The lowest BCUT2D eigenvalue weighted by Crippen LogP contribution is -2.26. The number of methoxy groups -OCH3 is 1. The highest BCUT2D eigenvalue weighted by molar-refractivity contribution is 5.91. The molecule has 1 aliphatic rings. The summed E-state index contributed by atoms with van der Waals surface area (Å²) in [4.78, 5) is 18.3. The lowest BCUT2D eigenvalue weighted by molar-refractivity contribution is -0.130. The first-order valence-electron chi connectivity index (χ1n) is 11.0. The van der Waals surface area contributed by atoms with Crippen LogP contribution in [-0.4, -0.2) is 36.7 Å². The summed E-state index contributed by atoms with van der Waals surface area (Å²) in [6.07, 6.45) is 1.07. The molecule has 0 unspecified atom stereocenters.